The number of anilines is 2. The van der Waals surface area contributed by atoms with Crippen LogP contribution in [0.3, 0.4) is 0 Å². The lowest BCUT2D eigenvalue weighted by atomic mass is 10.1. The van der Waals surface area contributed by atoms with Crippen molar-refractivity contribution < 1.29 is 32.2 Å². The van der Waals surface area contributed by atoms with E-state index in [9.17, 15) is 18.0 Å². The summed E-state index contributed by atoms with van der Waals surface area (Å²) >= 11 is 0. The van der Waals surface area contributed by atoms with Crippen molar-refractivity contribution in [3.05, 3.63) is 78.4 Å². The lowest BCUT2D eigenvalue weighted by Gasteiger charge is -2.33. The molecular formula is C29H31N3O7S. The van der Waals surface area contributed by atoms with Crippen LogP contribution in [0.1, 0.15) is 23.7 Å². The second-order valence-corrected chi connectivity index (χ2v) is 11.4. The third kappa shape index (κ3) is 6.11. The number of rotatable bonds is 9. The Morgan fingerprint density at radius 3 is 2.48 bits per heavy atom. The Hall–Kier alpha value is -3.93. The molecule has 0 saturated carbocycles. The molecule has 3 aromatic carbocycles. The summed E-state index contributed by atoms with van der Waals surface area (Å²) in [6.07, 6.45) is -0.0291. The Balaban J connectivity index is 1.25. The first-order valence-electron chi connectivity index (χ1n) is 13.1. The maximum absolute atomic E-state index is 13.0. The van der Waals surface area contributed by atoms with Crippen LogP contribution in [-0.2, 0) is 19.6 Å². The molecule has 40 heavy (non-hydrogen) atoms. The Morgan fingerprint density at radius 1 is 1.02 bits per heavy atom. The third-order valence-corrected chi connectivity index (χ3v) is 8.60. The summed E-state index contributed by atoms with van der Waals surface area (Å²) < 4.78 is 43.9. The van der Waals surface area contributed by atoms with Crippen molar-refractivity contribution >= 4 is 33.2 Å². The van der Waals surface area contributed by atoms with Crippen molar-refractivity contribution in [2.24, 2.45) is 0 Å². The van der Waals surface area contributed by atoms with E-state index in [2.05, 4.69) is 5.32 Å². The average Bonchev–Trinajstić information content (AvgIpc) is 2.98. The SMILES string of the molecule is CC1Oc2ccc(NC(=O)c3ccc(S(=O)(=O)N4CCOCC4)cc3)cc2N(CCCOc2ccccc2)C1=O. The van der Waals surface area contributed by atoms with Crippen molar-refractivity contribution in [3.8, 4) is 11.5 Å². The van der Waals surface area contributed by atoms with E-state index in [1.54, 1.807) is 30.0 Å². The van der Waals surface area contributed by atoms with Crippen LogP contribution in [0.2, 0.25) is 0 Å². The van der Waals surface area contributed by atoms with Gasteiger partial charge in [0.15, 0.2) is 6.10 Å². The summed E-state index contributed by atoms with van der Waals surface area (Å²) in [6.45, 7) is 3.87. The van der Waals surface area contributed by atoms with E-state index in [-0.39, 0.29) is 10.8 Å². The minimum Gasteiger partial charge on any atom is -0.494 e. The Kier molecular flexibility index (Phi) is 8.34. The highest BCUT2D eigenvalue weighted by Gasteiger charge is 2.31. The third-order valence-electron chi connectivity index (χ3n) is 6.69. The molecule has 0 bridgehead atoms. The predicted molar refractivity (Wildman–Crippen MR) is 149 cm³/mol. The highest BCUT2D eigenvalue weighted by Crippen LogP contribution is 2.36. The minimum atomic E-state index is -3.65. The van der Waals surface area contributed by atoms with Gasteiger partial charge in [-0.1, -0.05) is 18.2 Å². The van der Waals surface area contributed by atoms with Crippen molar-refractivity contribution in [2.75, 3.05) is 49.7 Å². The Bertz CT molecular complexity index is 1460. The van der Waals surface area contributed by atoms with E-state index in [0.717, 1.165) is 5.75 Å². The second kappa shape index (κ2) is 12.1. The van der Waals surface area contributed by atoms with E-state index in [1.165, 1.54) is 28.6 Å². The number of benzene rings is 3. The lowest BCUT2D eigenvalue weighted by Crippen LogP contribution is -2.45. The molecule has 1 N–H and O–H groups in total. The fourth-order valence-corrected chi connectivity index (χ4v) is 5.97. The first-order valence-corrected chi connectivity index (χ1v) is 14.6. The quantitative estimate of drug-likeness (QED) is 0.395. The zero-order chi connectivity index (χ0) is 28.1. The smallest absolute Gasteiger partial charge is 0.267 e. The van der Waals surface area contributed by atoms with Crippen LogP contribution in [0.4, 0.5) is 11.4 Å². The molecule has 2 aliphatic heterocycles. The van der Waals surface area contributed by atoms with Crippen LogP contribution in [0, 0.1) is 0 Å². The van der Waals surface area contributed by atoms with Gasteiger partial charge in [-0.25, -0.2) is 8.42 Å². The van der Waals surface area contributed by atoms with Crippen molar-refractivity contribution in [1.82, 2.24) is 4.31 Å². The zero-order valence-corrected chi connectivity index (χ0v) is 22.9. The van der Waals surface area contributed by atoms with Gasteiger partial charge in [-0.15, -0.1) is 0 Å². The molecule has 3 aromatic rings. The van der Waals surface area contributed by atoms with Crippen LogP contribution in [0.15, 0.2) is 77.7 Å². The molecule has 2 aliphatic rings. The monoisotopic (exact) mass is 565 g/mol. The number of fused-ring (bicyclic) bond motifs is 1. The topological polar surface area (TPSA) is 114 Å². The van der Waals surface area contributed by atoms with Gasteiger partial charge in [0.1, 0.15) is 11.5 Å². The van der Waals surface area contributed by atoms with Gasteiger partial charge >= 0.3 is 0 Å². The number of carbonyl (C=O) groups excluding carboxylic acids is 2. The molecule has 210 valence electrons. The molecule has 1 unspecified atom stereocenters. The molecule has 2 amide bonds. The van der Waals surface area contributed by atoms with Gasteiger partial charge in [0.2, 0.25) is 10.0 Å². The van der Waals surface area contributed by atoms with Gasteiger partial charge in [0.25, 0.3) is 11.8 Å². The van der Waals surface area contributed by atoms with Crippen LogP contribution in [0.25, 0.3) is 0 Å². The second-order valence-electron chi connectivity index (χ2n) is 9.44. The molecule has 0 spiro atoms. The summed E-state index contributed by atoms with van der Waals surface area (Å²) in [7, 11) is -3.65. The van der Waals surface area contributed by atoms with Crippen LogP contribution in [0.5, 0.6) is 11.5 Å². The highest BCUT2D eigenvalue weighted by atomic mass is 32.2. The average molecular weight is 566 g/mol. The molecule has 1 saturated heterocycles. The molecule has 1 fully saturated rings. The molecule has 0 radical (unpaired) electrons. The lowest BCUT2D eigenvalue weighted by molar-refractivity contribution is -0.125. The number of hydrogen-bond acceptors (Lipinski definition) is 7. The maximum atomic E-state index is 13.0. The van der Waals surface area contributed by atoms with Crippen molar-refractivity contribution in [3.63, 3.8) is 0 Å². The van der Waals surface area contributed by atoms with Gasteiger partial charge in [0, 0.05) is 30.9 Å². The summed E-state index contributed by atoms with van der Waals surface area (Å²) in [4.78, 5) is 27.7. The molecule has 5 rings (SSSR count). The highest BCUT2D eigenvalue weighted by molar-refractivity contribution is 7.89. The number of para-hydroxylation sites is 1. The van der Waals surface area contributed by atoms with E-state index < -0.39 is 22.0 Å². The number of sulfonamides is 1. The summed E-state index contributed by atoms with van der Waals surface area (Å²) in [5, 5.41) is 2.83. The standard InChI is InChI=1S/C29H31N3O7S/c1-21-29(34)32(14-5-17-38-24-6-3-2-4-7-24)26-20-23(10-13-27(26)39-21)30-28(33)22-8-11-25(12-9-22)40(35,36)31-15-18-37-19-16-31/h2-4,6-13,20-21H,5,14-19H2,1H3,(H,30,33). The predicted octanol–water partition coefficient (Wildman–Crippen LogP) is 3.54. The first kappa shape index (κ1) is 27.6. The molecule has 10 nitrogen and oxygen atoms in total. The summed E-state index contributed by atoms with van der Waals surface area (Å²) in [6, 6.07) is 20.4. The summed E-state index contributed by atoms with van der Waals surface area (Å²) in [5.74, 6) is 0.732. The van der Waals surface area contributed by atoms with Gasteiger partial charge < -0.3 is 24.4 Å². The van der Waals surface area contributed by atoms with Crippen LogP contribution >= 0.6 is 0 Å². The fourth-order valence-electron chi connectivity index (χ4n) is 4.56. The number of amides is 2. The van der Waals surface area contributed by atoms with Crippen molar-refractivity contribution in [1.29, 1.82) is 0 Å². The number of hydrogen-bond donors (Lipinski definition) is 1. The largest absolute Gasteiger partial charge is 0.494 e. The van der Waals surface area contributed by atoms with Gasteiger partial charge in [-0.3, -0.25) is 9.59 Å². The normalized spacial score (nSPS) is 17.6. The molecule has 0 aromatic heterocycles. The number of morpholine rings is 1. The molecular weight excluding hydrogens is 534 g/mol. The van der Waals surface area contributed by atoms with Crippen molar-refractivity contribution in [2.45, 2.75) is 24.3 Å². The minimum absolute atomic E-state index is 0.122. The van der Waals surface area contributed by atoms with E-state index in [4.69, 9.17) is 14.2 Å². The number of nitrogens with one attached hydrogen (secondary N) is 1. The Morgan fingerprint density at radius 2 is 1.75 bits per heavy atom. The van der Waals surface area contributed by atoms with E-state index in [0.29, 0.717) is 68.6 Å². The summed E-state index contributed by atoms with van der Waals surface area (Å²) in [5.41, 5.74) is 1.34. The van der Waals surface area contributed by atoms with E-state index in [1.807, 2.05) is 30.3 Å². The maximum Gasteiger partial charge on any atom is 0.267 e. The molecule has 11 heteroatoms. The van der Waals surface area contributed by atoms with Crippen LogP contribution in [-0.4, -0.2) is 70.1 Å². The molecule has 0 aliphatic carbocycles. The fraction of sp³-hybridized carbons (Fsp3) is 0.310. The van der Waals surface area contributed by atoms with Crippen LogP contribution < -0.4 is 19.7 Å². The van der Waals surface area contributed by atoms with E-state index >= 15 is 0 Å². The van der Waals surface area contributed by atoms with Gasteiger partial charge in [-0.05, 0) is 67.9 Å². The zero-order valence-electron chi connectivity index (χ0n) is 22.1. The number of ether oxygens (including phenoxy) is 3. The molecule has 1 atom stereocenters. The van der Waals surface area contributed by atoms with Gasteiger partial charge in [0.05, 0.1) is 30.4 Å². The molecule has 2 heterocycles. The first-order chi connectivity index (χ1) is 19.3. The number of carbonyl (C=O) groups is 2. The Labute approximate surface area is 233 Å². The van der Waals surface area contributed by atoms with Gasteiger partial charge in [-0.2, -0.15) is 4.31 Å². The number of nitrogens with zero attached hydrogens (tertiary/aromatic N) is 2.